The summed E-state index contributed by atoms with van der Waals surface area (Å²) in [5.41, 5.74) is 3.93. The number of benzene rings is 3. The van der Waals surface area contributed by atoms with Gasteiger partial charge >= 0.3 is 6.03 Å². The molecule has 3 aromatic rings. The Labute approximate surface area is 154 Å². The van der Waals surface area contributed by atoms with Crippen LogP contribution in [0, 0.1) is 0 Å². The highest BCUT2D eigenvalue weighted by Crippen LogP contribution is 2.14. The molecule has 0 aliphatic heterocycles. The second-order valence-corrected chi connectivity index (χ2v) is 6.04. The number of carbonyl (C=O) groups is 1. The van der Waals surface area contributed by atoms with E-state index in [-0.39, 0.29) is 6.03 Å². The van der Waals surface area contributed by atoms with Crippen LogP contribution < -0.4 is 16.0 Å². The molecule has 0 heterocycles. The van der Waals surface area contributed by atoms with Gasteiger partial charge in [-0.05, 0) is 54.8 Å². The fourth-order valence-corrected chi connectivity index (χ4v) is 2.66. The maximum atomic E-state index is 12.0. The minimum Gasteiger partial charge on any atom is -0.385 e. The van der Waals surface area contributed by atoms with Crippen molar-refractivity contribution in [3.05, 3.63) is 90.5 Å². The lowest BCUT2D eigenvalue weighted by molar-refractivity contribution is 0.262. The number of anilines is 3. The van der Waals surface area contributed by atoms with E-state index in [2.05, 4.69) is 40.2 Å². The number of nitrogens with one attached hydrogen (secondary N) is 3. The van der Waals surface area contributed by atoms with E-state index in [0.717, 1.165) is 36.4 Å². The van der Waals surface area contributed by atoms with Crippen molar-refractivity contribution in [3.8, 4) is 0 Å². The van der Waals surface area contributed by atoms with Gasteiger partial charge in [-0.25, -0.2) is 4.79 Å². The Hall–Kier alpha value is -3.27. The zero-order valence-corrected chi connectivity index (χ0v) is 14.6. The fourth-order valence-electron chi connectivity index (χ4n) is 2.66. The molecular formula is C22H23N3O. The van der Waals surface area contributed by atoms with Crippen molar-refractivity contribution < 1.29 is 4.79 Å². The summed E-state index contributed by atoms with van der Waals surface area (Å²) in [7, 11) is 0. The molecule has 0 unspecified atom stereocenters. The van der Waals surface area contributed by atoms with Crippen LogP contribution in [0.4, 0.5) is 21.9 Å². The number of rotatable bonds is 7. The van der Waals surface area contributed by atoms with Crippen LogP contribution in [0.15, 0.2) is 84.9 Å². The maximum absolute atomic E-state index is 12.0. The second kappa shape index (κ2) is 9.28. The SMILES string of the molecule is O=C(Nc1ccccc1)Nc1ccc(NCCCc2ccccc2)cc1. The van der Waals surface area contributed by atoms with Crippen molar-refractivity contribution in [2.24, 2.45) is 0 Å². The maximum Gasteiger partial charge on any atom is 0.323 e. The first-order valence-corrected chi connectivity index (χ1v) is 8.80. The first-order valence-electron chi connectivity index (χ1n) is 8.80. The van der Waals surface area contributed by atoms with Crippen LogP contribution in [0.3, 0.4) is 0 Å². The minimum absolute atomic E-state index is 0.250. The van der Waals surface area contributed by atoms with Crippen molar-refractivity contribution in [3.63, 3.8) is 0 Å². The molecule has 2 amide bonds. The lowest BCUT2D eigenvalue weighted by atomic mass is 10.1. The van der Waals surface area contributed by atoms with E-state index in [1.807, 2.05) is 60.7 Å². The minimum atomic E-state index is -0.250. The zero-order valence-electron chi connectivity index (χ0n) is 14.6. The highest BCUT2D eigenvalue weighted by Gasteiger charge is 2.02. The third-order valence-electron chi connectivity index (χ3n) is 3.99. The number of hydrogen-bond donors (Lipinski definition) is 3. The van der Waals surface area contributed by atoms with Gasteiger partial charge in [0.25, 0.3) is 0 Å². The largest absolute Gasteiger partial charge is 0.385 e. The van der Waals surface area contributed by atoms with E-state index in [1.165, 1.54) is 5.56 Å². The van der Waals surface area contributed by atoms with E-state index in [1.54, 1.807) is 0 Å². The van der Waals surface area contributed by atoms with Crippen molar-refractivity contribution in [2.75, 3.05) is 22.5 Å². The Kier molecular flexibility index (Phi) is 6.26. The Bertz CT molecular complexity index is 802. The van der Waals surface area contributed by atoms with Crippen LogP contribution in [0.2, 0.25) is 0 Å². The number of urea groups is 1. The first-order chi connectivity index (χ1) is 12.8. The molecule has 26 heavy (non-hydrogen) atoms. The van der Waals surface area contributed by atoms with E-state index >= 15 is 0 Å². The van der Waals surface area contributed by atoms with Gasteiger partial charge in [0.2, 0.25) is 0 Å². The summed E-state index contributed by atoms with van der Waals surface area (Å²) < 4.78 is 0. The van der Waals surface area contributed by atoms with Gasteiger partial charge < -0.3 is 16.0 Å². The van der Waals surface area contributed by atoms with E-state index < -0.39 is 0 Å². The first kappa shape index (κ1) is 17.5. The van der Waals surface area contributed by atoms with Gasteiger partial charge in [0.1, 0.15) is 0 Å². The summed E-state index contributed by atoms with van der Waals surface area (Å²) in [6, 6.07) is 27.3. The summed E-state index contributed by atoms with van der Waals surface area (Å²) in [6.45, 7) is 0.913. The van der Waals surface area contributed by atoms with Crippen LogP contribution in [-0.2, 0) is 6.42 Å². The van der Waals surface area contributed by atoms with E-state index in [0.29, 0.717) is 0 Å². The third kappa shape index (κ3) is 5.67. The normalized spacial score (nSPS) is 10.2. The number of aryl methyl sites for hydroxylation is 1. The van der Waals surface area contributed by atoms with Gasteiger partial charge in [-0.15, -0.1) is 0 Å². The van der Waals surface area contributed by atoms with E-state index in [9.17, 15) is 4.79 Å². The van der Waals surface area contributed by atoms with Crippen molar-refractivity contribution in [2.45, 2.75) is 12.8 Å². The molecule has 0 aromatic heterocycles. The highest BCUT2D eigenvalue weighted by atomic mass is 16.2. The molecular weight excluding hydrogens is 322 g/mol. The van der Waals surface area contributed by atoms with Gasteiger partial charge in [-0.3, -0.25) is 0 Å². The number of carbonyl (C=O) groups excluding carboxylic acids is 1. The second-order valence-electron chi connectivity index (χ2n) is 6.04. The van der Waals surface area contributed by atoms with Crippen LogP contribution in [0.5, 0.6) is 0 Å². The molecule has 0 fully saturated rings. The number of para-hydroxylation sites is 1. The van der Waals surface area contributed by atoms with Crippen LogP contribution in [0.25, 0.3) is 0 Å². The molecule has 3 rings (SSSR count). The molecule has 4 heteroatoms. The number of amides is 2. The quantitative estimate of drug-likeness (QED) is 0.504. The summed E-state index contributed by atoms with van der Waals surface area (Å²) in [6.07, 6.45) is 2.14. The van der Waals surface area contributed by atoms with E-state index in [4.69, 9.17) is 0 Å². The molecule has 0 saturated carbocycles. The van der Waals surface area contributed by atoms with Crippen molar-refractivity contribution in [1.82, 2.24) is 0 Å². The monoisotopic (exact) mass is 345 g/mol. The van der Waals surface area contributed by atoms with Crippen molar-refractivity contribution >= 4 is 23.1 Å². The number of hydrogen-bond acceptors (Lipinski definition) is 2. The molecule has 3 aromatic carbocycles. The van der Waals surface area contributed by atoms with Crippen LogP contribution in [-0.4, -0.2) is 12.6 Å². The molecule has 0 atom stereocenters. The van der Waals surface area contributed by atoms with Crippen LogP contribution in [0.1, 0.15) is 12.0 Å². The molecule has 132 valence electrons. The molecule has 0 spiro atoms. The van der Waals surface area contributed by atoms with Crippen molar-refractivity contribution in [1.29, 1.82) is 0 Å². The summed E-state index contributed by atoms with van der Waals surface area (Å²) in [5, 5.41) is 9.03. The average molecular weight is 345 g/mol. The molecule has 3 N–H and O–H groups in total. The predicted octanol–water partition coefficient (Wildman–Crippen LogP) is 5.38. The summed E-state index contributed by atoms with van der Waals surface area (Å²) in [4.78, 5) is 12.0. The highest BCUT2D eigenvalue weighted by molar-refractivity contribution is 5.99. The molecule has 0 saturated heterocycles. The Morgan fingerprint density at radius 2 is 1.19 bits per heavy atom. The summed E-state index contributed by atoms with van der Waals surface area (Å²) in [5.74, 6) is 0. The van der Waals surface area contributed by atoms with Gasteiger partial charge in [-0.1, -0.05) is 48.5 Å². The molecule has 0 bridgehead atoms. The third-order valence-corrected chi connectivity index (χ3v) is 3.99. The fraction of sp³-hybridized carbons (Fsp3) is 0.136. The topological polar surface area (TPSA) is 53.2 Å². The predicted molar refractivity (Wildman–Crippen MR) is 109 cm³/mol. The van der Waals surface area contributed by atoms with Gasteiger partial charge in [0, 0.05) is 23.6 Å². The lowest BCUT2D eigenvalue weighted by Gasteiger charge is -2.10. The van der Waals surface area contributed by atoms with Gasteiger partial charge in [0.05, 0.1) is 0 Å². The molecule has 4 nitrogen and oxygen atoms in total. The van der Waals surface area contributed by atoms with Crippen LogP contribution >= 0.6 is 0 Å². The Balaban J connectivity index is 1.41. The average Bonchev–Trinajstić information content (AvgIpc) is 2.68. The lowest BCUT2D eigenvalue weighted by Crippen LogP contribution is -2.19. The smallest absolute Gasteiger partial charge is 0.323 e. The molecule has 0 aliphatic rings. The van der Waals surface area contributed by atoms with Gasteiger partial charge in [-0.2, -0.15) is 0 Å². The standard InChI is InChI=1S/C22H23N3O/c26-22(24-20-11-5-2-6-12-20)25-21-15-13-19(14-16-21)23-17-7-10-18-8-3-1-4-9-18/h1-6,8-9,11-16,23H,7,10,17H2,(H2,24,25,26). The zero-order chi connectivity index (χ0) is 18.0. The van der Waals surface area contributed by atoms with Gasteiger partial charge in [0.15, 0.2) is 0 Å². The molecule has 0 aliphatic carbocycles. The molecule has 0 radical (unpaired) electrons. The summed E-state index contributed by atoms with van der Waals surface area (Å²) >= 11 is 0. The Morgan fingerprint density at radius 1 is 0.654 bits per heavy atom. The Morgan fingerprint density at radius 3 is 1.85 bits per heavy atom.